The van der Waals surface area contributed by atoms with E-state index in [4.69, 9.17) is 16.3 Å². The van der Waals surface area contributed by atoms with Gasteiger partial charge in [0.2, 0.25) is 5.91 Å². The number of ether oxygens (including phenoxy) is 1. The third kappa shape index (κ3) is 3.95. The zero-order valence-electron chi connectivity index (χ0n) is 18.6. The monoisotopic (exact) mass is 473 g/mol. The van der Waals surface area contributed by atoms with Crippen LogP contribution in [-0.2, 0) is 9.53 Å². The SMILES string of the molecule is COCCN1C(=O)c2ccccc2[C@@H](C(=O)Nc2cccc(Cl)c2)[C@H]1c1c[nH]c2ccccc12. The first-order chi connectivity index (χ1) is 16.6. The summed E-state index contributed by atoms with van der Waals surface area (Å²) in [5.74, 6) is -0.960. The number of para-hydroxylation sites is 1. The molecule has 7 heteroatoms. The molecule has 3 aromatic carbocycles. The van der Waals surface area contributed by atoms with Crippen LogP contribution in [-0.4, -0.2) is 42.0 Å². The zero-order valence-corrected chi connectivity index (χ0v) is 19.4. The van der Waals surface area contributed by atoms with E-state index in [0.717, 1.165) is 16.5 Å². The molecule has 0 bridgehead atoms. The molecule has 34 heavy (non-hydrogen) atoms. The molecule has 5 rings (SSSR count). The van der Waals surface area contributed by atoms with Crippen LogP contribution in [0.2, 0.25) is 5.02 Å². The molecule has 1 aliphatic heterocycles. The molecule has 0 saturated heterocycles. The van der Waals surface area contributed by atoms with Crippen molar-refractivity contribution in [3.63, 3.8) is 0 Å². The van der Waals surface area contributed by atoms with E-state index in [0.29, 0.717) is 35.0 Å². The number of hydrogen-bond acceptors (Lipinski definition) is 3. The number of nitrogens with zero attached hydrogens (tertiary/aromatic N) is 1. The number of aromatic amines is 1. The van der Waals surface area contributed by atoms with Gasteiger partial charge in [0, 0.05) is 52.6 Å². The molecule has 172 valence electrons. The van der Waals surface area contributed by atoms with Gasteiger partial charge in [-0.05, 0) is 35.9 Å². The Morgan fingerprint density at radius 2 is 1.85 bits per heavy atom. The van der Waals surface area contributed by atoms with Crippen LogP contribution >= 0.6 is 11.6 Å². The Labute approximate surface area is 202 Å². The van der Waals surface area contributed by atoms with Gasteiger partial charge in [-0.15, -0.1) is 0 Å². The van der Waals surface area contributed by atoms with Gasteiger partial charge in [-0.3, -0.25) is 9.59 Å². The molecular formula is C27H24ClN3O3. The summed E-state index contributed by atoms with van der Waals surface area (Å²) >= 11 is 6.15. The fourth-order valence-electron chi connectivity index (χ4n) is 4.78. The third-order valence-electron chi connectivity index (χ3n) is 6.29. The van der Waals surface area contributed by atoms with Gasteiger partial charge in [0.1, 0.15) is 0 Å². The number of H-pyrrole nitrogens is 1. The number of hydrogen-bond donors (Lipinski definition) is 2. The van der Waals surface area contributed by atoms with E-state index in [2.05, 4.69) is 10.3 Å². The van der Waals surface area contributed by atoms with Gasteiger partial charge in [0.05, 0.1) is 18.6 Å². The number of nitrogens with one attached hydrogen (secondary N) is 2. The van der Waals surface area contributed by atoms with E-state index in [1.54, 1.807) is 42.3 Å². The van der Waals surface area contributed by atoms with Crippen LogP contribution in [0.3, 0.4) is 0 Å². The molecule has 0 radical (unpaired) electrons. The molecule has 1 aliphatic rings. The normalized spacial score (nSPS) is 17.6. The quantitative estimate of drug-likeness (QED) is 0.394. The molecule has 0 saturated carbocycles. The van der Waals surface area contributed by atoms with E-state index in [1.807, 2.05) is 48.7 Å². The number of benzene rings is 3. The van der Waals surface area contributed by atoms with Gasteiger partial charge in [0.25, 0.3) is 5.91 Å². The second kappa shape index (κ2) is 9.33. The first-order valence-electron chi connectivity index (χ1n) is 11.1. The summed E-state index contributed by atoms with van der Waals surface area (Å²) in [7, 11) is 1.60. The standard InChI is InChI=1S/C27H24ClN3O3/c1-34-14-13-31-25(22-16-29-23-12-5-4-9-19(22)23)24(20-10-2-3-11-21(20)27(31)33)26(32)30-18-8-6-7-17(28)15-18/h2-12,15-16,24-25,29H,13-14H2,1H3,(H,30,32)/t24-,25-/m1/s1. The van der Waals surface area contributed by atoms with Crippen LogP contribution in [0.1, 0.15) is 33.4 Å². The summed E-state index contributed by atoms with van der Waals surface area (Å²) in [6.45, 7) is 0.712. The minimum atomic E-state index is -0.635. The number of aromatic nitrogens is 1. The summed E-state index contributed by atoms with van der Waals surface area (Å²) in [4.78, 5) is 32.6. The van der Waals surface area contributed by atoms with E-state index in [9.17, 15) is 9.59 Å². The molecule has 2 N–H and O–H groups in total. The van der Waals surface area contributed by atoms with Gasteiger partial charge in [-0.25, -0.2) is 0 Å². The molecule has 0 spiro atoms. The van der Waals surface area contributed by atoms with Gasteiger partial charge >= 0.3 is 0 Å². The number of methoxy groups -OCH3 is 1. The average molecular weight is 474 g/mol. The van der Waals surface area contributed by atoms with Crippen molar-refractivity contribution >= 4 is 40.0 Å². The van der Waals surface area contributed by atoms with Crippen LogP contribution in [0, 0.1) is 0 Å². The Balaban J connectivity index is 1.67. The lowest BCUT2D eigenvalue weighted by Gasteiger charge is -2.41. The van der Waals surface area contributed by atoms with Crippen molar-refractivity contribution in [1.82, 2.24) is 9.88 Å². The average Bonchev–Trinajstić information content (AvgIpc) is 3.27. The smallest absolute Gasteiger partial charge is 0.254 e. The molecule has 2 atom stereocenters. The second-order valence-electron chi connectivity index (χ2n) is 8.29. The largest absolute Gasteiger partial charge is 0.383 e. The van der Waals surface area contributed by atoms with Gasteiger partial charge in [-0.1, -0.05) is 54.1 Å². The molecule has 0 aliphatic carbocycles. The van der Waals surface area contributed by atoms with Crippen LogP contribution < -0.4 is 5.32 Å². The Kier molecular flexibility index (Phi) is 6.09. The lowest BCUT2D eigenvalue weighted by Crippen LogP contribution is -2.47. The Morgan fingerprint density at radius 3 is 2.68 bits per heavy atom. The molecule has 6 nitrogen and oxygen atoms in total. The maximum atomic E-state index is 13.9. The summed E-state index contributed by atoms with van der Waals surface area (Å²) < 4.78 is 5.32. The van der Waals surface area contributed by atoms with Crippen molar-refractivity contribution < 1.29 is 14.3 Å². The molecule has 1 aromatic heterocycles. The maximum absolute atomic E-state index is 13.9. The van der Waals surface area contributed by atoms with Crippen LogP contribution in [0.25, 0.3) is 10.9 Å². The summed E-state index contributed by atoms with van der Waals surface area (Å²) in [6, 6.07) is 21.8. The third-order valence-corrected chi connectivity index (χ3v) is 6.52. The highest BCUT2D eigenvalue weighted by atomic mass is 35.5. The van der Waals surface area contributed by atoms with Gasteiger partial charge in [0.15, 0.2) is 0 Å². The topological polar surface area (TPSA) is 74.4 Å². The zero-order chi connectivity index (χ0) is 23.7. The summed E-state index contributed by atoms with van der Waals surface area (Å²) in [6.07, 6.45) is 1.90. The minimum Gasteiger partial charge on any atom is -0.383 e. The van der Waals surface area contributed by atoms with Crippen LogP contribution in [0.15, 0.2) is 79.0 Å². The fourth-order valence-corrected chi connectivity index (χ4v) is 4.97. The first kappa shape index (κ1) is 22.2. The number of rotatable bonds is 6. The predicted octanol–water partition coefficient (Wildman–Crippen LogP) is 5.39. The highest BCUT2D eigenvalue weighted by Gasteiger charge is 2.44. The van der Waals surface area contributed by atoms with Gasteiger partial charge < -0.3 is 19.9 Å². The van der Waals surface area contributed by atoms with Crippen molar-refractivity contribution in [2.75, 3.05) is 25.6 Å². The molecule has 0 fully saturated rings. The minimum absolute atomic E-state index is 0.116. The summed E-state index contributed by atoms with van der Waals surface area (Å²) in [5.41, 5.74) is 3.68. The number of fused-ring (bicyclic) bond motifs is 2. The molecular weight excluding hydrogens is 450 g/mol. The summed E-state index contributed by atoms with van der Waals surface area (Å²) in [5, 5.41) is 4.53. The van der Waals surface area contributed by atoms with Gasteiger partial charge in [-0.2, -0.15) is 0 Å². The molecule has 2 amide bonds. The predicted molar refractivity (Wildman–Crippen MR) is 133 cm³/mol. The van der Waals surface area contributed by atoms with Crippen LogP contribution in [0.4, 0.5) is 5.69 Å². The van der Waals surface area contributed by atoms with Crippen molar-refractivity contribution in [1.29, 1.82) is 0 Å². The Bertz CT molecular complexity index is 1370. The van der Waals surface area contributed by atoms with Crippen molar-refractivity contribution in [2.45, 2.75) is 12.0 Å². The fraction of sp³-hybridized carbons (Fsp3) is 0.185. The molecule has 2 heterocycles. The van der Waals surface area contributed by atoms with Crippen LogP contribution in [0.5, 0.6) is 0 Å². The molecule has 0 unspecified atom stereocenters. The lowest BCUT2D eigenvalue weighted by molar-refractivity contribution is -0.119. The Hall–Kier alpha value is -3.61. The van der Waals surface area contributed by atoms with E-state index in [-0.39, 0.29) is 11.8 Å². The van der Waals surface area contributed by atoms with E-state index >= 15 is 0 Å². The highest BCUT2D eigenvalue weighted by molar-refractivity contribution is 6.30. The highest BCUT2D eigenvalue weighted by Crippen LogP contribution is 2.45. The van der Waals surface area contributed by atoms with E-state index in [1.165, 1.54) is 0 Å². The first-order valence-corrected chi connectivity index (χ1v) is 11.5. The number of halogens is 1. The van der Waals surface area contributed by atoms with E-state index < -0.39 is 12.0 Å². The lowest BCUT2D eigenvalue weighted by atomic mass is 9.79. The Morgan fingerprint density at radius 1 is 1.06 bits per heavy atom. The second-order valence-corrected chi connectivity index (χ2v) is 8.73. The van der Waals surface area contributed by atoms with Crippen molar-refractivity contribution in [2.24, 2.45) is 0 Å². The molecule has 4 aromatic rings. The number of amides is 2. The maximum Gasteiger partial charge on any atom is 0.254 e. The number of anilines is 1. The van der Waals surface area contributed by atoms with Crippen molar-refractivity contribution in [3.05, 3.63) is 101 Å². The number of carbonyl (C=O) groups is 2. The number of carbonyl (C=O) groups excluding carboxylic acids is 2. The van der Waals surface area contributed by atoms with Crippen molar-refractivity contribution in [3.8, 4) is 0 Å².